The molecule has 0 nitrogen and oxygen atoms in total. The first-order chi connectivity index (χ1) is 3.79. The Morgan fingerprint density at radius 3 is 2.10 bits per heavy atom. The largest absolute Gasteiger partial charge is 1.00 e. The summed E-state index contributed by atoms with van der Waals surface area (Å²) < 4.78 is 0. The molecule has 0 atom stereocenters. The van der Waals surface area contributed by atoms with Crippen molar-refractivity contribution in [3.8, 4) is 0 Å². The number of hydrogen-bond acceptors (Lipinski definition) is 0. The van der Waals surface area contributed by atoms with E-state index in [-0.39, 0.29) is 43.5 Å². The second-order valence-corrected chi connectivity index (χ2v) is 2.24. The van der Waals surface area contributed by atoms with E-state index in [1.165, 1.54) is 0 Å². The predicted octanol–water partition coefficient (Wildman–Crippen LogP) is -0.394. The zero-order valence-corrected chi connectivity index (χ0v) is 11.7. The zero-order valence-electron chi connectivity index (χ0n) is 5.07. The van der Waals surface area contributed by atoms with Crippen molar-refractivity contribution in [3.05, 3.63) is 34.4 Å². The van der Waals surface area contributed by atoms with Crippen molar-refractivity contribution >= 4 is 23.2 Å². The molecular formula is C6H3Cl2IZn-. The summed E-state index contributed by atoms with van der Waals surface area (Å²) in [7, 11) is 0. The van der Waals surface area contributed by atoms with Crippen LogP contribution in [0.15, 0.2) is 29.0 Å². The fraction of sp³-hybridized carbons (Fsp3) is 0. The first-order valence-electron chi connectivity index (χ1n) is 2.11. The third-order valence-electron chi connectivity index (χ3n) is 0.718. The molecule has 51 valence electrons. The van der Waals surface area contributed by atoms with Crippen molar-refractivity contribution in [2.45, 2.75) is 0 Å². The van der Waals surface area contributed by atoms with Gasteiger partial charge >= 0.3 is 0 Å². The molecular weight excluding hydrogens is 335 g/mol. The molecule has 0 aromatic rings. The monoisotopic (exact) mass is 336 g/mol. The summed E-state index contributed by atoms with van der Waals surface area (Å²) in [4.78, 5) is 0. The minimum Gasteiger partial charge on any atom is -1.00 e. The van der Waals surface area contributed by atoms with Crippen LogP contribution in [0, 0.1) is 5.38 Å². The van der Waals surface area contributed by atoms with Crippen molar-refractivity contribution in [2.75, 3.05) is 0 Å². The van der Waals surface area contributed by atoms with Crippen LogP contribution in [0.1, 0.15) is 0 Å². The Morgan fingerprint density at radius 2 is 1.80 bits per heavy atom. The molecule has 0 spiro atoms. The van der Waals surface area contributed by atoms with Crippen molar-refractivity contribution in [2.24, 2.45) is 0 Å². The van der Waals surface area contributed by atoms with Crippen molar-refractivity contribution < 1.29 is 43.5 Å². The van der Waals surface area contributed by atoms with Crippen LogP contribution in [0.3, 0.4) is 0 Å². The van der Waals surface area contributed by atoms with Crippen LogP contribution >= 0.6 is 23.2 Å². The first-order valence-corrected chi connectivity index (χ1v) is 2.87. The molecule has 1 aliphatic rings. The molecule has 0 aromatic carbocycles. The van der Waals surface area contributed by atoms with E-state index in [0.717, 1.165) is 0 Å². The third kappa shape index (κ3) is 4.93. The average Bonchev–Trinajstić information content (AvgIpc) is 1.64. The maximum atomic E-state index is 5.53. The smallest absolute Gasteiger partial charge is 0.117 e. The van der Waals surface area contributed by atoms with E-state index in [1.807, 2.05) is 0 Å². The van der Waals surface area contributed by atoms with Crippen LogP contribution in [-0.2, 0) is 19.5 Å². The molecule has 1 aliphatic carbocycles. The minimum absolute atomic E-state index is 0. The average molecular weight is 338 g/mol. The summed E-state index contributed by atoms with van der Waals surface area (Å²) in [5.41, 5.74) is 2.77. The van der Waals surface area contributed by atoms with Gasteiger partial charge in [0.15, 0.2) is 0 Å². The van der Waals surface area contributed by atoms with E-state index in [1.54, 1.807) is 18.2 Å². The molecule has 0 saturated carbocycles. The van der Waals surface area contributed by atoms with Gasteiger partial charge in [-0.05, 0) is 18.2 Å². The van der Waals surface area contributed by atoms with Crippen molar-refractivity contribution in [1.29, 1.82) is 0 Å². The fourth-order valence-electron chi connectivity index (χ4n) is 0.416. The Labute approximate surface area is 100 Å². The number of hydrogen-bond donors (Lipinski definition) is 0. The van der Waals surface area contributed by atoms with Crippen LogP contribution in [0.25, 0.3) is 0 Å². The Balaban J connectivity index is 0. The molecule has 0 amide bonds. The zero-order chi connectivity index (χ0) is 5.98. The quantitative estimate of drug-likeness (QED) is 0.321. The molecule has 0 fully saturated rings. The summed E-state index contributed by atoms with van der Waals surface area (Å²) in [5.74, 6) is 0. The molecule has 0 bridgehead atoms. The van der Waals surface area contributed by atoms with Gasteiger partial charge in [0.2, 0.25) is 0 Å². The summed E-state index contributed by atoms with van der Waals surface area (Å²) >= 11 is 11.1. The summed E-state index contributed by atoms with van der Waals surface area (Å²) in [6, 6.07) is 0. The van der Waals surface area contributed by atoms with E-state index < -0.39 is 0 Å². The van der Waals surface area contributed by atoms with Crippen LogP contribution in [0.2, 0.25) is 0 Å². The van der Waals surface area contributed by atoms with Crippen LogP contribution < -0.4 is 24.0 Å². The summed E-state index contributed by atoms with van der Waals surface area (Å²) in [5, 5.41) is 1.25. The topological polar surface area (TPSA) is 0 Å². The maximum Gasteiger partial charge on any atom is 0.117 e. The Bertz CT molecular complexity index is 182. The Morgan fingerprint density at radius 1 is 1.20 bits per heavy atom. The van der Waals surface area contributed by atoms with Gasteiger partial charge in [0.05, 0.1) is 0 Å². The molecule has 0 aliphatic heterocycles. The van der Waals surface area contributed by atoms with Gasteiger partial charge < -0.3 is 24.0 Å². The van der Waals surface area contributed by atoms with E-state index in [0.29, 0.717) is 10.4 Å². The number of halogens is 3. The standard InChI is InChI=1S/C6H3Cl2.HI.Zn/c7-5-2-1-3-6(8)4-5;;/h2-4H;1H;/p-1. The molecule has 0 unspecified atom stereocenters. The van der Waals surface area contributed by atoms with Crippen LogP contribution in [0.4, 0.5) is 0 Å². The van der Waals surface area contributed by atoms with E-state index in [9.17, 15) is 0 Å². The van der Waals surface area contributed by atoms with Crippen molar-refractivity contribution in [1.82, 2.24) is 0 Å². The van der Waals surface area contributed by atoms with Crippen molar-refractivity contribution in [3.63, 3.8) is 0 Å². The van der Waals surface area contributed by atoms with Crippen LogP contribution in [-0.4, -0.2) is 0 Å². The van der Waals surface area contributed by atoms with Gasteiger partial charge in [-0.15, -0.1) is 17.3 Å². The van der Waals surface area contributed by atoms with Gasteiger partial charge in [-0.25, -0.2) is 0 Å². The molecule has 1 radical (unpaired) electrons. The van der Waals surface area contributed by atoms with E-state index in [4.69, 9.17) is 23.2 Å². The third-order valence-corrected chi connectivity index (χ3v) is 1.15. The molecule has 1 rings (SSSR count). The van der Waals surface area contributed by atoms with Gasteiger partial charge in [-0.3, -0.25) is 0 Å². The van der Waals surface area contributed by atoms with Gasteiger partial charge in [-0.2, -0.15) is 0 Å². The minimum atomic E-state index is 0. The predicted molar refractivity (Wildman–Crippen MR) is 35.7 cm³/mol. The van der Waals surface area contributed by atoms with Gasteiger partial charge in [0, 0.05) is 24.5 Å². The first kappa shape index (κ1) is 13.8. The fourth-order valence-corrected chi connectivity index (χ4v) is 0.833. The molecule has 0 saturated heterocycles. The normalized spacial score (nSPS) is 15.2. The second kappa shape index (κ2) is 6.88. The molecule has 0 heterocycles. The molecule has 0 aromatic heterocycles. The molecule has 10 heavy (non-hydrogen) atoms. The summed E-state index contributed by atoms with van der Waals surface area (Å²) in [6.45, 7) is 0. The van der Waals surface area contributed by atoms with E-state index in [2.05, 4.69) is 5.73 Å². The number of allylic oxidation sites excluding steroid dienone is 3. The Kier molecular flexibility index (Phi) is 9.46. The van der Waals surface area contributed by atoms with E-state index >= 15 is 0 Å². The van der Waals surface area contributed by atoms with Crippen LogP contribution in [0.5, 0.6) is 0 Å². The summed E-state index contributed by atoms with van der Waals surface area (Å²) in [6.07, 6.45) is 4.99. The van der Waals surface area contributed by atoms with Gasteiger partial charge in [0.25, 0.3) is 0 Å². The maximum absolute atomic E-state index is 5.53. The van der Waals surface area contributed by atoms with Gasteiger partial charge in [0.1, 0.15) is 5.38 Å². The number of rotatable bonds is 0. The molecule has 4 heteroatoms. The second-order valence-electron chi connectivity index (χ2n) is 1.37. The molecule has 0 N–H and O–H groups in total. The SMILES string of the molecule is Cl[C]1C=C=CC(Cl)=C1.[I-].[Zn]. The Hall–Kier alpha value is 1.19. The van der Waals surface area contributed by atoms with Gasteiger partial charge in [-0.1, -0.05) is 11.6 Å².